The van der Waals surface area contributed by atoms with Gasteiger partial charge in [-0.1, -0.05) is 20.8 Å². The van der Waals surface area contributed by atoms with E-state index in [0.29, 0.717) is 43.8 Å². The first-order chi connectivity index (χ1) is 13.6. The molecule has 0 aromatic heterocycles. The van der Waals surface area contributed by atoms with E-state index in [1.54, 1.807) is 0 Å². The van der Waals surface area contributed by atoms with Gasteiger partial charge in [-0.15, -0.1) is 0 Å². The molecular formula is C24H38O5. The summed E-state index contributed by atoms with van der Waals surface area (Å²) < 4.78 is 0. The van der Waals surface area contributed by atoms with Gasteiger partial charge in [-0.3, -0.25) is 9.59 Å². The summed E-state index contributed by atoms with van der Waals surface area (Å²) in [6, 6.07) is 0. The SMILES string of the molecule is CC(CCC(=O)O)C1CCC2C3C(O)CC4CC(=O)CC[C@]4(C)C3CC(O)[C@]12C. The monoisotopic (exact) mass is 406 g/mol. The number of Topliss-reactive ketones (excluding diaryl/α,β-unsaturated/α-hetero) is 1. The van der Waals surface area contributed by atoms with E-state index in [4.69, 9.17) is 5.11 Å². The van der Waals surface area contributed by atoms with Gasteiger partial charge in [0, 0.05) is 19.3 Å². The van der Waals surface area contributed by atoms with Crippen LogP contribution >= 0.6 is 0 Å². The lowest BCUT2D eigenvalue weighted by Crippen LogP contribution is -2.62. The second kappa shape index (κ2) is 7.33. The minimum absolute atomic E-state index is 0.0348. The molecule has 164 valence electrons. The van der Waals surface area contributed by atoms with Crippen molar-refractivity contribution in [2.45, 2.75) is 90.8 Å². The van der Waals surface area contributed by atoms with E-state index < -0.39 is 18.2 Å². The fourth-order valence-electron chi connectivity index (χ4n) is 8.50. The average Bonchev–Trinajstić information content (AvgIpc) is 3.01. The summed E-state index contributed by atoms with van der Waals surface area (Å²) in [5.74, 6) is 1.10. The Morgan fingerprint density at radius 3 is 2.59 bits per heavy atom. The lowest BCUT2D eigenvalue weighted by atomic mass is 9.43. The van der Waals surface area contributed by atoms with Gasteiger partial charge in [-0.05, 0) is 84.9 Å². The van der Waals surface area contributed by atoms with E-state index in [1.807, 2.05) is 0 Å². The number of ketones is 1. The van der Waals surface area contributed by atoms with Crippen molar-refractivity contribution in [1.29, 1.82) is 0 Å². The van der Waals surface area contributed by atoms with Crippen molar-refractivity contribution >= 4 is 11.8 Å². The number of hydrogen-bond donors (Lipinski definition) is 3. The maximum Gasteiger partial charge on any atom is 0.303 e. The Labute approximate surface area is 174 Å². The van der Waals surface area contributed by atoms with Crippen LogP contribution in [0.25, 0.3) is 0 Å². The molecule has 0 amide bonds. The number of carboxylic acids is 1. The third-order valence-electron chi connectivity index (χ3n) is 10.2. The first-order valence-electron chi connectivity index (χ1n) is 11.7. The molecule has 0 aliphatic heterocycles. The second-order valence-corrected chi connectivity index (χ2v) is 11.2. The van der Waals surface area contributed by atoms with Gasteiger partial charge in [-0.2, -0.15) is 0 Å². The summed E-state index contributed by atoms with van der Waals surface area (Å²) >= 11 is 0. The molecular weight excluding hydrogens is 368 g/mol. The molecule has 0 aromatic carbocycles. The molecule has 0 bridgehead atoms. The first-order valence-corrected chi connectivity index (χ1v) is 11.7. The Balaban J connectivity index is 1.61. The number of aliphatic hydroxyl groups excluding tert-OH is 2. The van der Waals surface area contributed by atoms with Gasteiger partial charge in [0.25, 0.3) is 0 Å². The van der Waals surface area contributed by atoms with Crippen LogP contribution in [0.1, 0.15) is 78.6 Å². The number of hydrogen-bond acceptors (Lipinski definition) is 4. The molecule has 3 N–H and O–H groups in total. The Bertz CT molecular complexity index is 676. The van der Waals surface area contributed by atoms with Crippen molar-refractivity contribution in [3.8, 4) is 0 Å². The molecule has 0 aromatic rings. The predicted octanol–water partition coefficient (Wildman–Crippen LogP) is 3.66. The van der Waals surface area contributed by atoms with Crippen LogP contribution < -0.4 is 0 Å². The lowest BCUT2D eigenvalue weighted by molar-refractivity contribution is -0.201. The number of aliphatic carboxylic acids is 1. The fraction of sp³-hybridized carbons (Fsp3) is 0.917. The van der Waals surface area contributed by atoms with E-state index >= 15 is 0 Å². The molecule has 4 fully saturated rings. The summed E-state index contributed by atoms with van der Waals surface area (Å²) in [5, 5.41) is 31.8. The van der Waals surface area contributed by atoms with Crippen LogP contribution in [0.2, 0.25) is 0 Å². The molecule has 5 nitrogen and oxygen atoms in total. The van der Waals surface area contributed by atoms with Crippen LogP contribution in [0.3, 0.4) is 0 Å². The molecule has 29 heavy (non-hydrogen) atoms. The number of aliphatic hydroxyl groups is 2. The van der Waals surface area contributed by atoms with Gasteiger partial charge >= 0.3 is 5.97 Å². The Hall–Kier alpha value is -0.940. The van der Waals surface area contributed by atoms with Gasteiger partial charge in [-0.25, -0.2) is 0 Å². The number of rotatable bonds is 4. The zero-order valence-corrected chi connectivity index (χ0v) is 18.1. The minimum atomic E-state index is -0.755. The van der Waals surface area contributed by atoms with E-state index in [9.17, 15) is 19.8 Å². The molecule has 0 heterocycles. The quantitative estimate of drug-likeness (QED) is 0.662. The standard InChI is InChI=1S/C24H38O5/c1-13(4-7-21(28)29)16-5-6-17-22-18(12-20(27)24(16,17)3)23(2)9-8-15(25)10-14(23)11-19(22)26/h13-14,16-20,22,26-27H,4-12H2,1-3H3,(H,28,29)/t13?,14?,16?,17?,18?,19?,20?,22?,23-,24+/m0/s1. The summed E-state index contributed by atoms with van der Waals surface area (Å²) in [6.45, 7) is 6.66. The highest BCUT2D eigenvalue weighted by Crippen LogP contribution is 2.68. The third-order valence-corrected chi connectivity index (χ3v) is 10.2. The average molecular weight is 407 g/mol. The van der Waals surface area contributed by atoms with Crippen molar-refractivity contribution in [1.82, 2.24) is 0 Å². The minimum Gasteiger partial charge on any atom is -0.481 e. The van der Waals surface area contributed by atoms with Crippen LogP contribution in [0.4, 0.5) is 0 Å². The molecule has 4 aliphatic carbocycles. The Morgan fingerprint density at radius 1 is 1.17 bits per heavy atom. The van der Waals surface area contributed by atoms with Gasteiger partial charge in [0.1, 0.15) is 5.78 Å². The second-order valence-electron chi connectivity index (χ2n) is 11.2. The third kappa shape index (κ3) is 3.18. The van der Waals surface area contributed by atoms with Crippen LogP contribution in [-0.2, 0) is 9.59 Å². The topological polar surface area (TPSA) is 94.8 Å². The largest absolute Gasteiger partial charge is 0.481 e. The maximum absolute atomic E-state index is 12.1. The smallest absolute Gasteiger partial charge is 0.303 e. The summed E-state index contributed by atoms with van der Waals surface area (Å²) in [6.07, 6.45) is 5.56. The highest BCUT2D eigenvalue weighted by atomic mass is 16.4. The van der Waals surface area contributed by atoms with Gasteiger partial charge in [0.15, 0.2) is 0 Å². The van der Waals surface area contributed by atoms with Crippen molar-refractivity contribution in [2.75, 3.05) is 0 Å². The van der Waals surface area contributed by atoms with Crippen LogP contribution in [0.5, 0.6) is 0 Å². The highest BCUT2D eigenvalue weighted by Gasteiger charge is 2.65. The number of carbonyl (C=O) groups excluding carboxylic acids is 1. The summed E-state index contributed by atoms with van der Waals surface area (Å²) in [4.78, 5) is 23.1. The van der Waals surface area contributed by atoms with Crippen LogP contribution in [-0.4, -0.2) is 39.3 Å². The Morgan fingerprint density at radius 2 is 1.90 bits per heavy atom. The number of fused-ring (bicyclic) bond motifs is 5. The maximum atomic E-state index is 12.1. The molecule has 8 unspecified atom stereocenters. The fourth-order valence-corrected chi connectivity index (χ4v) is 8.50. The zero-order chi connectivity index (χ0) is 21.1. The van der Waals surface area contributed by atoms with E-state index in [-0.39, 0.29) is 46.8 Å². The van der Waals surface area contributed by atoms with Gasteiger partial charge in [0.05, 0.1) is 12.2 Å². The molecule has 0 saturated heterocycles. The van der Waals surface area contributed by atoms with E-state index in [2.05, 4.69) is 20.8 Å². The highest BCUT2D eigenvalue weighted by molar-refractivity contribution is 5.79. The summed E-state index contributed by atoms with van der Waals surface area (Å²) in [5.41, 5.74) is -0.221. The molecule has 0 spiro atoms. The first kappa shape index (κ1) is 21.3. The van der Waals surface area contributed by atoms with Gasteiger partial charge < -0.3 is 15.3 Å². The molecule has 4 saturated carbocycles. The van der Waals surface area contributed by atoms with Crippen molar-refractivity contribution in [3.63, 3.8) is 0 Å². The van der Waals surface area contributed by atoms with Crippen molar-refractivity contribution < 1.29 is 24.9 Å². The molecule has 10 atom stereocenters. The number of carboxylic acid groups (broad SMARTS) is 1. The molecule has 4 rings (SSSR count). The van der Waals surface area contributed by atoms with E-state index in [1.165, 1.54) is 0 Å². The van der Waals surface area contributed by atoms with Crippen LogP contribution in [0, 0.1) is 46.3 Å². The Kier molecular flexibility index (Phi) is 5.39. The normalized spacial score (nSPS) is 50.4. The lowest BCUT2D eigenvalue weighted by Gasteiger charge is -2.63. The van der Waals surface area contributed by atoms with E-state index in [0.717, 1.165) is 19.3 Å². The molecule has 5 heteroatoms. The molecule has 0 radical (unpaired) electrons. The molecule has 4 aliphatic rings. The number of carbonyl (C=O) groups is 2. The van der Waals surface area contributed by atoms with Crippen molar-refractivity contribution in [2.24, 2.45) is 46.3 Å². The van der Waals surface area contributed by atoms with Gasteiger partial charge in [0.2, 0.25) is 0 Å². The van der Waals surface area contributed by atoms with Crippen molar-refractivity contribution in [3.05, 3.63) is 0 Å². The van der Waals surface area contributed by atoms with Crippen LogP contribution in [0.15, 0.2) is 0 Å². The summed E-state index contributed by atoms with van der Waals surface area (Å²) in [7, 11) is 0. The predicted molar refractivity (Wildman–Crippen MR) is 109 cm³/mol. The zero-order valence-electron chi connectivity index (χ0n) is 18.1.